The minimum absolute atomic E-state index is 0.122. The lowest BCUT2D eigenvalue weighted by Gasteiger charge is -2.27. The molecule has 0 aliphatic heterocycles. The van der Waals surface area contributed by atoms with Gasteiger partial charge >= 0.3 is 18.0 Å². The van der Waals surface area contributed by atoms with Gasteiger partial charge in [0.1, 0.15) is 0 Å². The second kappa shape index (κ2) is 6.92. The van der Waals surface area contributed by atoms with Gasteiger partial charge in [-0.15, -0.1) is 0 Å². The molecule has 0 atom stereocenters. The molecule has 0 aromatic heterocycles. The summed E-state index contributed by atoms with van der Waals surface area (Å²) in [5, 5.41) is 8.82. The molecule has 2 nitrogen and oxygen atoms in total. The van der Waals surface area contributed by atoms with Crippen molar-refractivity contribution in [2.45, 2.75) is 38.7 Å². The van der Waals surface area contributed by atoms with Crippen molar-refractivity contribution in [3.05, 3.63) is 29.3 Å². The first kappa shape index (κ1) is 20.1. The van der Waals surface area contributed by atoms with E-state index in [0.29, 0.717) is 11.3 Å². The van der Waals surface area contributed by atoms with Crippen molar-refractivity contribution < 1.29 is 31.4 Å². The van der Waals surface area contributed by atoms with Crippen molar-refractivity contribution in [2.75, 3.05) is 5.73 Å². The Balaban J connectivity index is 0.00000211. The van der Waals surface area contributed by atoms with Crippen molar-refractivity contribution in [1.82, 2.24) is 0 Å². The monoisotopic (exact) mass is 327 g/mol. The maximum atomic E-state index is 12.4. The highest BCUT2D eigenvalue weighted by atomic mass is 19.4. The largest absolute Gasteiger partial charge is 0.438 e. The molecule has 0 spiro atoms. The van der Waals surface area contributed by atoms with E-state index in [1.807, 2.05) is 13.8 Å². The van der Waals surface area contributed by atoms with Gasteiger partial charge in [-0.2, -0.15) is 26.3 Å². The number of hydrogen-bond donors (Lipinski definition) is 2. The molecular formula is C14H15F6NO. The normalized spacial score (nSPS) is 11.9. The third-order valence-electron chi connectivity index (χ3n) is 2.48. The lowest BCUT2D eigenvalue weighted by molar-refractivity contribution is -0.343. The van der Waals surface area contributed by atoms with E-state index in [4.69, 9.17) is 10.8 Å². The minimum atomic E-state index is -5.96. The zero-order valence-corrected chi connectivity index (χ0v) is 12.0. The molecule has 22 heavy (non-hydrogen) atoms. The second-order valence-corrected chi connectivity index (χ2v) is 4.03. The summed E-state index contributed by atoms with van der Waals surface area (Å²) in [7, 11) is 0. The molecule has 3 N–H and O–H groups in total. The number of nitrogens with two attached hydrogens (primary N) is 1. The molecule has 0 saturated heterocycles. The van der Waals surface area contributed by atoms with Crippen LogP contribution in [0.3, 0.4) is 0 Å². The fourth-order valence-electron chi connectivity index (χ4n) is 1.22. The summed E-state index contributed by atoms with van der Waals surface area (Å²) >= 11 is 0. The number of halogens is 6. The minimum Gasteiger partial charge on any atom is -0.399 e. The smallest absolute Gasteiger partial charge is 0.399 e. The van der Waals surface area contributed by atoms with E-state index in [1.165, 1.54) is 19.1 Å². The first-order valence-corrected chi connectivity index (χ1v) is 6.13. The summed E-state index contributed by atoms with van der Waals surface area (Å²) in [6.45, 7) is 5.51. The van der Waals surface area contributed by atoms with Gasteiger partial charge in [0, 0.05) is 11.3 Å². The Morgan fingerprint density at radius 1 is 1.00 bits per heavy atom. The zero-order chi connectivity index (χ0) is 17.8. The van der Waals surface area contributed by atoms with Crippen LogP contribution in [0.15, 0.2) is 18.2 Å². The number of alkyl halides is 6. The fourth-order valence-corrected chi connectivity index (χ4v) is 1.22. The molecular weight excluding hydrogens is 312 g/mol. The molecule has 0 saturated carbocycles. The molecule has 0 aliphatic carbocycles. The van der Waals surface area contributed by atoms with Gasteiger partial charge in [-0.25, -0.2) is 0 Å². The van der Waals surface area contributed by atoms with Crippen LogP contribution in [0.2, 0.25) is 0 Å². The Bertz CT molecular complexity index is 551. The average molecular weight is 327 g/mol. The van der Waals surface area contributed by atoms with Gasteiger partial charge in [0.15, 0.2) is 0 Å². The van der Waals surface area contributed by atoms with Crippen LogP contribution in [0, 0.1) is 18.8 Å². The van der Waals surface area contributed by atoms with Gasteiger partial charge in [-0.1, -0.05) is 19.8 Å². The molecule has 0 amide bonds. The van der Waals surface area contributed by atoms with Crippen LogP contribution >= 0.6 is 0 Å². The standard InChI is InChI=1S/C12H9F6NO.C2H6/c1-7-6-8(2-3-9(7)19)4-5-10(20,11(13,14)15)12(16,17)18;1-2/h2-3,6,20H,19H2,1H3;1-2H3. The van der Waals surface area contributed by atoms with Crippen molar-refractivity contribution in [3.63, 3.8) is 0 Å². The summed E-state index contributed by atoms with van der Waals surface area (Å²) in [5.74, 6) is 2.52. The summed E-state index contributed by atoms with van der Waals surface area (Å²) in [6, 6.07) is 3.66. The van der Waals surface area contributed by atoms with Crippen LogP contribution in [0.1, 0.15) is 25.0 Å². The van der Waals surface area contributed by atoms with Crippen molar-refractivity contribution in [2.24, 2.45) is 0 Å². The van der Waals surface area contributed by atoms with Gasteiger partial charge < -0.3 is 10.8 Å². The maximum absolute atomic E-state index is 12.4. The Labute approximate surface area is 123 Å². The van der Waals surface area contributed by atoms with Gasteiger partial charge in [0.05, 0.1) is 0 Å². The SMILES string of the molecule is CC.Cc1cc(C#CC(O)(C(F)(F)F)C(F)(F)F)ccc1N. The number of hydrogen-bond acceptors (Lipinski definition) is 2. The van der Waals surface area contributed by atoms with E-state index >= 15 is 0 Å². The number of anilines is 1. The van der Waals surface area contributed by atoms with Crippen LogP contribution in [0.5, 0.6) is 0 Å². The Hall–Kier alpha value is -1.88. The third-order valence-corrected chi connectivity index (χ3v) is 2.48. The number of nitrogen functional groups attached to an aromatic ring is 1. The Morgan fingerprint density at radius 3 is 1.82 bits per heavy atom. The number of aryl methyl sites for hydroxylation is 1. The third kappa shape index (κ3) is 4.31. The van der Waals surface area contributed by atoms with Gasteiger partial charge in [0.2, 0.25) is 0 Å². The van der Waals surface area contributed by atoms with E-state index < -0.39 is 18.0 Å². The highest BCUT2D eigenvalue weighted by Crippen LogP contribution is 2.42. The van der Waals surface area contributed by atoms with Crippen LogP contribution in [0.4, 0.5) is 32.0 Å². The average Bonchev–Trinajstić information content (AvgIpc) is 2.39. The molecule has 1 aromatic carbocycles. The number of rotatable bonds is 0. The lowest BCUT2D eigenvalue weighted by atomic mass is 10.0. The van der Waals surface area contributed by atoms with Crippen LogP contribution in [0.25, 0.3) is 0 Å². The Kier molecular flexibility index (Phi) is 6.33. The summed E-state index contributed by atoms with van der Waals surface area (Å²) < 4.78 is 74.1. The molecule has 0 unspecified atom stereocenters. The topological polar surface area (TPSA) is 46.2 Å². The first-order valence-electron chi connectivity index (χ1n) is 6.13. The summed E-state index contributed by atoms with van der Waals surface area (Å²) in [5.41, 5.74) is 1.02. The van der Waals surface area contributed by atoms with E-state index in [1.54, 1.807) is 5.92 Å². The van der Waals surface area contributed by atoms with E-state index in [9.17, 15) is 26.3 Å². The highest BCUT2D eigenvalue weighted by Gasteiger charge is 2.70. The van der Waals surface area contributed by atoms with Crippen molar-refractivity contribution in [1.29, 1.82) is 0 Å². The van der Waals surface area contributed by atoms with Gasteiger partial charge in [-0.05, 0) is 36.6 Å². The number of aliphatic hydroxyl groups is 1. The van der Waals surface area contributed by atoms with Crippen LogP contribution < -0.4 is 5.73 Å². The predicted molar refractivity (Wildman–Crippen MR) is 70.9 cm³/mol. The van der Waals surface area contributed by atoms with Gasteiger partial charge in [-0.3, -0.25) is 0 Å². The molecule has 1 aromatic rings. The fraction of sp³-hybridized carbons (Fsp3) is 0.429. The molecule has 0 aliphatic rings. The highest BCUT2D eigenvalue weighted by molar-refractivity contribution is 5.51. The first-order chi connectivity index (χ1) is 9.88. The molecule has 0 bridgehead atoms. The molecule has 0 heterocycles. The predicted octanol–water partition coefficient (Wildman–Crippen LogP) is 3.81. The molecule has 0 radical (unpaired) electrons. The van der Waals surface area contributed by atoms with Crippen molar-refractivity contribution in [3.8, 4) is 11.8 Å². The quantitative estimate of drug-likeness (QED) is 0.432. The van der Waals surface area contributed by atoms with E-state index in [0.717, 1.165) is 12.0 Å². The number of benzene rings is 1. The Morgan fingerprint density at radius 2 is 1.45 bits per heavy atom. The van der Waals surface area contributed by atoms with E-state index in [2.05, 4.69) is 0 Å². The molecule has 1 rings (SSSR count). The molecule has 0 fully saturated rings. The van der Waals surface area contributed by atoms with Crippen LogP contribution in [-0.4, -0.2) is 23.1 Å². The van der Waals surface area contributed by atoms with Crippen molar-refractivity contribution >= 4 is 5.69 Å². The maximum Gasteiger partial charge on any atom is 0.438 e. The molecule has 8 heteroatoms. The second-order valence-electron chi connectivity index (χ2n) is 4.03. The van der Waals surface area contributed by atoms with E-state index in [-0.39, 0.29) is 5.56 Å². The lowest BCUT2D eigenvalue weighted by Crippen LogP contribution is -2.55. The molecule has 124 valence electrons. The van der Waals surface area contributed by atoms with Crippen LogP contribution in [-0.2, 0) is 0 Å². The van der Waals surface area contributed by atoms with Gasteiger partial charge in [0.25, 0.3) is 0 Å². The zero-order valence-electron chi connectivity index (χ0n) is 12.0. The summed E-state index contributed by atoms with van der Waals surface area (Å²) in [6.07, 6.45) is -11.9. The summed E-state index contributed by atoms with van der Waals surface area (Å²) in [4.78, 5) is 0.